The Kier molecular flexibility index (Phi) is 6.77. The smallest absolute Gasteiger partial charge is 0.226 e. The normalized spacial score (nSPS) is 17.2. The molecule has 3 heterocycles. The van der Waals surface area contributed by atoms with Crippen LogP contribution in [0.15, 0.2) is 91.1 Å². The van der Waals surface area contributed by atoms with Gasteiger partial charge < -0.3 is 20.1 Å². The van der Waals surface area contributed by atoms with Gasteiger partial charge in [0.1, 0.15) is 5.82 Å². The number of rotatable bonds is 7. The topological polar surface area (TPSA) is 62.2 Å². The minimum atomic E-state index is -0.346. The summed E-state index contributed by atoms with van der Waals surface area (Å²) in [6.07, 6.45) is 1.99. The Morgan fingerprint density at radius 1 is 1.03 bits per heavy atom. The lowest BCUT2D eigenvalue weighted by atomic mass is 10.0. The molecular formula is C28H26FN5OS. The molecule has 0 radical (unpaired) electrons. The van der Waals surface area contributed by atoms with Crippen molar-refractivity contribution in [3.8, 4) is 5.69 Å². The van der Waals surface area contributed by atoms with Gasteiger partial charge in [0.2, 0.25) is 5.91 Å². The zero-order valence-corrected chi connectivity index (χ0v) is 20.6. The van der Waals surface area contributed by atoms with Crippen molar-refractivity contribution in [3.63, 3.8) is 0 Å². The number of halogens is 1. The Bertz CT molecular complexity index is 1360. The molecule has 0 saturated carbocycles. The second kappa shape index (κ2) is 10.3. The number of aryl methyl sites for hydroxylation is 1. The van der Waals surface area contributed by atoms with Crippen LogP contribution in [-0.2, 0) is 4.79 Å². The van der Waals surface area contributed by atoms with Gasteiger partial charge in [0.05, 0.1) is 17.8 Å². The molecule has 1 saturated heterocycles. The van der Waals surface area contributed by atoms with E-state index >= 15 is 0 Å². The van der Waals surface area contributed by atoms with Crippen LogP contribution in [0.3, 0.4) is 0 Å². The van der Waals surface area contributed by atoms with Crippen LogP contribution >= 0.6 is 12.2 Å². The van der Waals surface area contributed by atoms with Crippen LogP contribution in [0.4, 0.5) is 10.1 Å². The molecule has 8 heteroatoms. The lowest BCUT2D eigenvalue weighted by molar-refractivity contribution is -0.116. The molecule has 0 spiro atoms. The quantitative estimate of drug-likeness (QED) is 0.337. The lowest BCUT2D eigenvalue weighted by Gasteiger charge is -2.29. The van der Waals surface area contributed by atoms with Gasteiger partial charge in [0, 0.05) is 41.9 Å². The number of nitrogens with zero attached hydrogens (tertiary/aromatic N) is 3. The van der Waals surface area contributed by atoms with Crippen molar-refractivity contribution in [2.45, 2.75) is 25.4 Å². The molecule has 2 atom stereocenters. The number of benzene rings is 2. The number of thiocarbonyl (C=S) groups is 1. The van der Waals surface area contributed by atoms with E-state index in [4.69, 9.17) is 12.2 Å². The summed E-state index contributed by atoms with van der Waals surface area (Å²) in [4.78, 5) is 19.4. The third-order valence-corrected chi connectivity index (χ3v) is 6.68. The Morgan fingerprint density at radius 3 is 2.50 bits per heavy atom. The summed E-state index contributed by atoms with van der Waals surface area (Å²) in [5.41, 5.74) is 4.65. The fraction of sp³-hybridized carbons (Fsp3) is 0.179. The molecular weight excluding hydrogens is 473 g/mol. The lowest BCUT2D eigenvalue weighted by Crippen LogP contribution is -2.33. The first-order valence-corrected chi connectivity index (χ1v) is 12.2. The van der Waals surface area contributed by atoms with E-state index in [0.717, 1.165) is 22.8 Å². The van der Waals surface area contributed by atoms with Gasteiger partial charge in [-0.05, 0) is 79.8 Å². The van der Waals surface area contributed by atoms with Gasteiger partial charge in [-0.2, -0.15) is 0 Å². The predicted molar refractivity (Wildman–Crippen MR) is 142 cm³/mol. The SMILES string of the molecule is Cc1ccc([C@H]2[C@H](c3ccccn3)NC(=S)N2CCC(=O)Nc2ccc(F)cc2)n1-c1ccccc1. The minimum absolute atomic E-state index is 0.168. The van der Waals surface area contributed by atoms with E-state index < -0.39 is 0 Å². The zero-order valence-electron chi connectivity index (χ0n) is 19.8. The highest BCUT2D eigenvalue weighted by atomic mass is 32.1. The molecule has 0 bridgehead atoms. The third-order valence-electron chi connectivity index (χ3n) is 6.33. The summed E-state index contributed by atoms with van der Waals surface area (Å²) in [6.45, 7) is 2.49. The predicted octanol–water partition coefficient (Wildman–Crippen LogP) is 5.32. The molecule has 2 N–H and O–H groups in total. The Labute approximate surface area is 214 Å². The monoisotopic (exact) mass is 499 g/mol. The van der Waals surface area contributed by atoms with Crippen molar-refractivity contribution in [2.75, 3.05) is 11.9 Å². The summed E-state index contributed by atoms with van der Waals surface area (Å²) >= 11 is 5.76. The number of aromatic nitrogens is 2. The number of pyridine rings is 1. The number of hydrogen-bond acceptors (Lipinski definition) is 3. The molecule has 2 aromatic carbocycles. The molecule has 5 rings (SSSR count). The van der Waals surface area contributed by atoms with E-state index in [9.17, 15) is 9.18 Å². The van der Waals surface area contributed by atoms with E-state index in [1.807, 2.05) is 36.4 Å². The maximum atomic E-state index is 13.2. The molecule has 36 heavy (non-hydrogen) atoms. The van der Waals surface area contributed by atoms with Gasteiger partial charge in [-0.3, -0.25) is 9.78 Å². The number of nitrogens with one attached hydrogen (secondary N) is 2. The van der Waals surface area contributed by atoms with Crippen LogP contribution in [0.25, 0.3) is 5.69 Å². The van der Waals surface area contributed by atoms with E-state index in [2.05, 4.69) is 56.3 Å². The fourth-order valence-electron chi connectivity index (χ4n) is 4.67. The van der Waals surface area contributed by atoms with Gasteiger partial charge in [0.25, 0.3) is 0 Å². The van der Waals surface area contributed by atoms with Gasteiger partial charge >= 0.3 is 0 Å². The fourth-order valence-corrected chi connectivity index (χ4v) is 5.00. The molecule has 1 amide bonds. The highest BCUT2D eigenvalue weighted by Gasteiger charge is 2.41. The zero-order chi connectivity index (χ0) is 25.1. The molecule has 0 aliphatic carbocycles. The Balaban J connectivity index is 1.45. The number of amides is 1. The average Bonchev–Trinajstić information content (AvgIpc) is 3.44. The van der Waals surface area contributed by atoms with Gasteiger partial charge in [-0.15, -0.1) is 0 Å². The van der Waals surface area contributed by atoms with Crippen molar-refractivity contribution in [1.29, 1.82) is 0 Å². The standard InChI is InChI=1S/C28H26FN5OS/c1-19-10-15-24(34(19)22-7-3-2-4-8-22)27-26(23-9-5-6-17-30-23)32-28(36)33(27)18-16-25(35)31-21-13-11-20(29)12-14-21/h2-15,17,26-27H,16,18H2,1H3,(H,31,35)(H,32,36)/t26-,27-/m0/s1. The molecule has 6 nitrogen and oxygen atoms in total. The molecule has 4 aromatic rings. The molecule has 182 valence electrons. The second-order valence-corrected chi connectivity index (χ2v) is 9.08. The first-order valence-electron chi connectivity index (χ1n) is 11.8. The number of carbonyl (C=O) groups is 1. The highest BCUT2D eigenvalue weighted by molar-refractivity contribution is 7.80. The van der Waals surface area contributed by atoms with Crippen LogP contribution in [0, 0.1) is 12.7 Å². The molecule has 1 aliphatic heterocycles. The summed E-state index contributed by atoms with van der Waals surface area (Å²) in [7, 11) is 0. The van der Waals surface area contributed by atoms with Crippen LogP contribution in [0.1, 0.15) is 35.6 Å². The third kappa shape index (κ3) is 4.85. The van der Waals surface area contributed by atoms with E-state index in [1.165, 1.54) is 12.1 Å². The summed E-state index contributed by atoms with van der Waals surface area (Å²) < 4.78 is 15.4. The second-order valence-electron chi connectivity index (χ2n) is 8.70. The van der Waals surface area contributed by atoms with Crippen LogP contribution < -0.4 is 10.6 Å². The van der Waals surface area contributed by atoms with Gasteiger partial charge in [0.15, 0.2) is 5.11 Å². The van der Waals surface area contributed by atoms with Crippen LogP contribution in [-0.4, -0.2) is 32.0 Å². The number of anilines is 1. The highest BCUT2D eigenvalue weighted by Crippen LogP contribution is 2.40. The summed E-state index contributed by atoms with van der Waals surface area (Å²) in [5, 5.41) is 6.85. The average molecular weight is 500 g/mol. The maximum absolute atomic E-state index is 13.2. The number of para-hydroxylation sites is 1. The Morgan fingerprint density at radius 2 is 1.78 bits per heavy atom. The van der Waals surface area contributed by atoms with Crippen molar-refractivity contribution in [3.05, 3.63) is 114 Å². The molecule has 1 aliphatic rings. The Hall–Kier alpha value is -4.04. The van der Waals surface area contributed by atoms with E-state index in [1.54, 1.807) is 18.3 Å². The first-order chi connectivity index (χ1) is 17.5. The van der Waals surface area contributed by atoms with Gasteiger partial charge in [-0.25, -0.2) is 4.39 Å². The maximum Gasteiger partial charge on any atom is 0.226 e. The first kappa shape index (κ1) is 23.7. The summed E-state index contributed by atoms with van der Waals surface area (Å²) in [6, 6.07) is 25.6. The summed E-state index contributed by atoms with van der Waals surface area (Å²) in [5.74, 6) is -0.513. The molecule has 0 unspecified atom stereocenters. The van der Waals surface area contributed by atoms with E-state index in [0.29, 0.717) is 17.3 Å². The van der Waals surface area contributed by atoms with Gasteiger partial charge in [-0.1, -0.05) is 24.3 Å². The van der Waals surface area contributed by atoms with Crippen molar-refractivity contribution in [1.82, 2.24) is 19.8 Å². The van der Waals surface area contributed by atoms with Crippen LogP contribution in [0.5, 0.6) is 0 Å². The van der Waals surface area contributed by atoms with Crippen molar-refractivity contribution in [2.24, 2.45) is 0 Å². The molecule has 1 fully saturated rings. The number of carbonyl (C=O) groups excluding carboxylic acids is 1. The minimum Gasteiger partial charge on any atom is -0.352 e. The number of hydrogen-bond donors (Lipinski definition) is 2. The van der Waals surface area contributed by atoms with Crippen molar-refractivity contribution >= 4 is 28.9 Å². The molecule has 2 aromatic heterocycles. The van der Waals surface area contributed by atoms with E-state index in [-0.39, 0.29) is 30.2 Å². The van der Waals surface area contributed by atoms with Crippen LogP contribution in [0.2, 0.25) is 0 Å². The largest absolute Gasteiger partial charge is 0.352 e. The van der Waals surface area contributed by atoms with Crippen molar-refractivity contribution < 1.29 is 9.18 Å².